The van der Waals surface area contributed by atoms with E-state index < -0.39 is 5.97 Å². The first-order valence-corrected chi connectivity index (χ1v) is 6.31. The van der Waals surface area contributed by atoms with Crippen LogP contribution in [0.3, 0.4) is 0 Å². The van der Waals surface area contributed by atoms with E-state index in [0.717, 1.165) is 11.3 Å². The predicted octanol–water partition coefficient (Wildman–Crippen LogP) is 3.15. The second-order valence-corrected chi connectivity index (χ2v) is 4.34. The molecule has 0 unspecified atom stereocenters. The minimum absolute atomic E-state index is 0.244. The maximum Gasteiger partial charge on any atom is 0.335 e. The summed E-state index contributed by atoms with van der Waals surface area (Å²) >= 11 is 0. The zero-order valence-electron chi connectivity index (χ0n) is 11.2. The Balaban J connectivity index is 1.77. The van der Waals surface area contributed by atoms with E-state index in [9.17, 15) is 4.79 Å². The fraction of sp³-hybridized carbons (Fsp3) is 0.188. The molecule has 0 aromatic heterocycles. The highest BCUT2D eigenvalue weighted by Gasteiger charge is 2.02. The van der Waals surface area contributed by atoms with E-state index in [1.165, 1.54) is 12.1 Å². The van der Waals surface area contributed by atoms with E-state index in [1.54, 1.807) is 12.1 Å². The Morgan fingerprint density at radius 3 is 2.25 bits per heavy atom. The van der Waals surface area contributed by atoms with Crippen LogP contribution in [0.4, 0.5) is 0 Å². The lowest BCUT2D eigenvalue weighted by atomic mass is 10.2. The number of hydrogen-bond acceptors (Lipinski definition) is 3. The average Bonchev–Trinajstić information content (AvgIpc) is 2.44. The van der Waals surface area contributed by atoms with Crippen molar-refractivity contribution in [1.82, 2.24) is 0 Å². The fourth-order valence-corrected chi connectivity index (χ4v) is 1.72. The molecule has 1 N–H and O–H groups in total. The summed E-state index contributed by atoms with van der Waals surface area (Å²) in [5.74, 6) is 0.497. The molecule has 0 spiro atoms. The summed E-state index contributed by atoms with van der Waals surface area (Å²) in [4.78, 5) is 10.7. The lowest BCUT2D eigenvalue weighted by molar-refractivity contribution is 0.0697. The third-order valence-electron chi connectivity index (χ3n) is 2.71. The summed E-state index contributed by atoms with van der Waals surface area (Å²) in [6.07, 6.45) is 0. The molecule has 0 aliphatic heterocycles. The normalized spacial score (nSPS) is 10.1. The molecule has 0 heterocycles. The van der Waals surface area contributed by atoms with Crippen LogP contribution in [-0.4, -0.2) is 24.3 Å². The number of carbonyl (C=O) groups is 1. The van der Waals surface area contributed by atoms with Gasteiger partial charge in [-0.3, -0.25) is 0 Å². The maximum absolute atomic E-state index is 10.7. The molecule has 0 atom stereocenters. The van der Waals surface area contributed by atoms with Gasteiger partial charge in [-0.05, 0) is 48.9 Å². The van der Waals surface area contributed by atoms with E-state index in [-0.39, 0.29) is 5.56 Å². The van der Waals surface area contributed by atoms with Crippen LogP contribution < -0.4 is 9.47 Å². The zero-order chi connectivity index (χ0) is 14.4. The molecule has 0 aliphatic rings. The van der Waals surface area contributed by atoms with Crippen LogP contribution in [0.1, 0.15) is 15.9 Å². The van der Waals surface area contributed by atoms with E-state index in [4.69, 9.17) is 14.6 Å². The van der Waals surface area contributed by atoms with Gasteiger partial charge in [0.15, 0.2) is 0 Å². The van der Waals surface area contributed by atoms with E-state index >= 15 is 0 Å². The molecular formula is C16H16O4. The number of aryl methyl sites for hydroxylation is 1. The minimum Gasteiger partial charge on any atom is -0.490 e. The summed E-state index contributed by atoms with van der Waals surface area (Å²) < 4.78 is 11.0. The molecular weight excluding hydrogens is 256 g/mol. The first-order chi connectivity index (χ1) is 9.65. The van der Waals surface area contributed by atoms with Crippen LogP contribution in [0.25, 0.3) is 0 Å². The third-order valence-corrected chi connectivity index (χ3v) is 2.71. The molecule has 0 radical (unpaired) electrons. The number of ether oxygens (including phenoxy) is 2. The van der Waals surface area contributed by atoms with Crippen LogP contribution in [-0.2, 0) is 0 Å². The van der Waals surface area contributed by atoms with Crippen molar-refractivity contribution in [1.29, 1.82) is 0 Å². The smallest absolute Gasteiger partial charge is 0.335 e. The van der Waals surface area contributed by atoms with Gasteiger partial charge in [-0.2, -0.15) is 0 Å². The molecule has 0 aliphatic carbocycles. The maximum atomic E-state index is 10.7. The standard InChI is InChI=1S/C16H16O4/c1-12-3-2-4-15(11-12)20-10-9-19-14-7-5-13(6-8-14)16(17)18/h2-8,11H,9-10H2,1H3,(H,17,18). The Morgan fingerprint density at radius 1 is 1.00 bits per heavy atom. The minimum atomic E-state index is -0.945. The summed E-state index contributed by atoms with van der Waals surface area (Å²) in [5, 5.41) is 8.78. The second-order valence-electron chi connectivity index (χ2n) is 4.34. The Morgan fingerprint density at radius 2 is 1.65 bits per heavy atom. The highest BCUT2D eigenvalue weighted by molar-refractivity contribution is 5.87. The molecule has 2 rings (SSSR count). The SMILES string of the molecule is Cc1cccc(OCCOc2ccc(C(=O)O)cc2)c1. The molecule has 0 fully saturated rings. The van der Waals surface area contributed by atoms with Crippen molar-refractivity contribution in [3.63, 3.8) is 0 Å². The molecule has 0 saturated heterocycles. The predicted molar refractivity (Wildman–Crippen MR) is 75.6 cm³/mol. The van der Waals surface area contributed by atoms with Crippen molar-refractivity contribution in [2.45, 2.75) is 6.92 Å². The topological polar surface area (TPSA) is 55.8 Å². The number of carboxylic acid groups (broad SMARTS) is 1. The first kappa shape index (κ1) is 13.9. The van der Waals surface area contributed by atoms with Gasteiger partial charge in [0.1, 0.15) is 24.7 Å². The third kappa shape index (κ3) is 4.02. The number of rotatable bonds is 6. The zero-order valence-corrected chi connectivity index (χ0v) is 11.2. The van der Waals surface area contributed by atoms with Crippen molar-refractivity contribution < 1.29 is 19.4 Å². The monoisotopic (exact) mass is 272 g/mol. The Labute approximate surface area is 117 Å². The quantitative estimate of drug-likeness (QED) is 0.821. The number of hydrogen-bond donors (Lipinski definition) is 1. The van der Waals surface area contributed by atoms with Crippen LogP contribution in [0.2, 0.25) is 0 Å². The van der Waals surface area contributed by atoms with Crippen LogP contribution >= 0.6 is 0 Å². The Hall–Kier alpha value is -2.49. The van der Waals surface area contributed by atoms with Crippen LogP contribution in [0, 0.1) is 6.92 Å². The fourth-order valence-electron chi connectivity index (χ4n) is 1.72. The molecule has 2 aromatic carbocycles. The Kier molecular flexibility index (Phi) is 4.60. The molecule has 4 heteroatoms. The van der Waals surface area contributed by atoms with Crippen molar-refractivity contribution in [2.75, 3.05) is 13.2 Å². The average molecular weight is 272 g/mol. The van der Waals surface area contributed by atoms with Gasteiger partial charge in [0.05, 0.1) is 5.56 Å². The van der Waals surface area contributed by atoms with E-state index in [1.807, 2.05) is 31.2 Å². The highest BCUT2D eigenvalue weighted by atomic mass is 16.5. The van der Waals surface area contributed by atoms with Gasteiger partial charge in [0, 0.05) is 0 Å². The van der Waals surface area contributed by atoms with Crippen molar-refractivity contribution in [3.8, 4) is 11.5 Å². The highest BCUT2D eigenvalue weighted by Crippen LogP contribution is 2.14. The lowest BCUT2D eigenvalue weighted by Crippen LogP contribution is -2.09. The van der Waals surface area contributed by atoms with Gasteiger partial charge in [0.25, 0.3) is 0 Å². The van der Waals surface area contributed by atoms with Gasteiger partial charge < -0.3 is 14.6 Å². The van der Waals surface area contributed by atoms with Crippen LogP contribution in [0.5, 0.6) is 11.5 Å². The van der Waals surface area contributed by atoms with Gasteiger partial charge in [-0.1, -0.05) is 12.1 Å². The van der Waals surface area contributed by atoms with Crippen molar-refractivity contribution in [3.05, 3.63) is 59.7 Å². The largest absolute Gasteiger partial charge is 0.490 e. The molecule has 104 valence electrons. The number of carboxylic acids is 1. The summed E-state index contributed by atoms with van der Waals surface area (Å²) in [5.41, 5.74) is 1.39. The van der Waals surface area contributed by atoms with E-state index in [0.29, 0.717) is 19.0 Å². The van der Waals surface area contributed by atoms with E-state index in [2.05, 4.69) is 0 Å². The van der Waals surface area contributed by atoms with Gasteiger partial charge in [-0.25, -0.2) is 4.79 Å². The molecule has 20 heavy (non-hydrogen) atoms. The molecule has 0 saturated carbocycles. The molecule has 0 bridgehead atoms. The summed E-state index contributed by atoms with van der Waals surface area (Å²) in [6.45, 7) is 2.85. The van der Waals surface area contributed by atoms with Crippen molar-refractivity contribution in [2.24, 2.45) is 0 Å². The van der Waals surface area contributed by atoms with Gasteiger partial charge in [0.2, 0.25) is 0 Å². The lowest BCUT2D eigenvalue weighted by Gasteiger charge is -2.09. The number of benzene rings is 2. The van der Waals surface area contributed by atoms with Crippen molar-refractivity contribution >= 4 is 5.97 Å². The molecule has 4 nitrogen and oxygen atoms in total. The van der Waals surface area contributed by atoms with Gasteiger partial charge >= 0.3 is 5.97 Å². The van der Waals surface area contributed by atoms with Crippen LogP contribution in [0.15, 0.2) is 48.5 Å². The summed E-state index contributed by atoms with van der Waals surface area (Å²) in [7, 11) is 0. The summed E-state index contributed by atoms with van der Waals surface area (Å²) in [6, 6.07) is 14.1. The first-order valence-electron chi connectivity index (χ1n) is 6.31. The van der Waals surface area contributed by atoms with Gasteiger partial charge in [-0.15, -0.1) is 0 Å². The molecule has 2 aromatic rings. The second kappa shape index (κ2) is 6.61. The Bertz CT molecular complexity index is 575. The number of aromatic carboxylic acids is 1. The molecule has 0 amide bonds.